The number of fused-ring (bicyclic) bond motifs is 2. The number of nitrogens with zero attached hydrogens (tertiary/aromatic N) is 4. The lowest BCUT2D eigenvalue weighted by Crippen LogP contribution is -2.36. The van der Waals surface area contributed by atoms with E-state index in [1.807, 2.05) is 4.90 Å². The number of aromatic nitrogens is 3. The highest BCUT2D eigenvalue weighted by atomic mass is 19.1. The Bertz CT molecular complexity index is 1770. The predicted octanol–water partition coefficient (Wildman–Crippen LogP) is 3.20. The van der Waals surface area contributed by atoms with E-state index >= 15 is 0 Å². The van der Waals surface area contributed by atoms with E-state index in [0.29, 0.717) is 56.0 Å². The van der Waals surface area contributed by atoms with Gasteiger partial charge in [-0.1, -0.05) is 12.1 Å². The Morgan fingerprint density at radius 3 is 2.63 bits per heavy atom. The van der Waals surface area contributed by atoms with Crippen LogP contribution < -0.4 is 15.5 Å². The molecule has 13 heteroatoms. The van der Waals surface area contributed by atoms with E-state index in [4.69, 9.17) is 4.74 Å². The quantitative estimate of drug-likeness (QED) is 0.299. The maximum absolute atomic E-state index is 14.6. The highest BCUT2D eigenvalue weighted by molar-refractivity contribution is 5.98. The lowest BCUT2D eigenvalue weighted by atomic mass is 9.98. The van der Waals surface area contributed by atoms with Gasteiger partial charge < -0.3 is 25.4 Å². The minimum absolute atomic E-state index is 0.0448. The summed E-state index contributed by atoms with van der Waals surface area (Å²) >= 11 is 0. The van der Waals surface area contributed by atoms with Crippen LogP contribution >= 0.6 is 0 Å². The first-order chi connectivity index (χ1) is 20.7. The number of hydrogen-bond acceptors (Lipinski definition) is 7. The number of carboxylic acid groups (broad SMARTS) is 1. The molecule has 1 fully saturated rings. The highest BCUT2D eigenvalue weighted by Gasteiger charge is 2.29. The molecule has 2 aliphatic rings. The smallest absolute Gasteiger partial charge is 0.335 e. The van der Waals surface area contributed by atoms with Gasteiger partial charge in [-0.3, -0.25) is 9.59 Å². The Hall–Kier alpha value is -4.91. The van der Waals surface area contributed by atoms with Gasteiger partial charge in [0, 0.05) is 25.7 Å². The summed E-state index contributed by atoms with van der Waals surface area (Å²) in [6, 6.07) is 8.60. The number of morpholine rings is 1. The molecule has 2 aromatic carbocycles. The van der Waals surface area contributed by atoms with Gasteiger partial charge in [-0.25, -0.2) is 23.1 Å². The Balaban J connectivity index is 1.22. The molecule has 0 radical (unpaired) electrons. The average molecular weight is 591 g/mol. The van der Waals surface area contributed by atoms with Crippen molar-refractivity contribution in [2.75, 3.05) is 31.2 Å². The Labute approximate surface area is 244 Å². The number of carbonyl (C=O) groups is 3. The van der Waals surface area contributed by atoms with Gasteiger partial charge in [0.25, 0.3) is 11.8 Å². The maximum Gasteiger partial charge on any atom is 0.335 e. The number of aromatic carboxylic acids is 1. The molecule has 43 heavy (non-hydrogen) atoms. The molecule has 0 saturated carbocycles. The van der Waals surface area contributed by atoms with Crippen molar-refractivity contribution in [1.29, 1.82) is 0 Å². The zero-order chi connectivity index (χ0) is 30.2. The van der Waals surface area contributed by atoms with Crippen LogP contribution in [0.15, 0.2) is 42.6 Å². The van der Waals surface area contributed by atoms with Crippen LogP contribution in [0.3, 0.4) is 0 Å². The zero-order valence-corrected chi connectivity index (χ0v) is 23.2. The molecular formula is C30H28F2N6O5. The summed E-state index contributed by atoms with van der Waals surface area (Å²) < 4.78 is 35.5. The van der Waals surface area contributed by atoms with Crippen LogP contribution in [0.2, 0.25) is 0 Å². The summed E-state index contributed by atoms with van der Waals surface area (Å²) in [4.78, 5) is 44.1. The second-order valence-electron chi connectivity index (χ2n) is 10.5. The topological polar surface area (TPSA) is 138 Å². The van der Waals surface area contributed by atoms with Crippen LogP contribution in [0.5, 0.6) is 0 Å². The predicted molar refractivity (Wildman–Crippen MR) is 150 cm³/mol. The summed E-state index contributed by atoms with van der Waals surface area (Å²) in [5, 5.41) is 19.0. The van der Waals surface area contributed by atoms with E-state index < -0.39 is 29.6 Å². The number of carbonyl (C=O) groups excluding carboxylic acids is 2. The lowest BCUT2D eigenvalue weighted by Gasteiger charge is -2.29. The number of nitrogens with one attached hydrogen (secondary N) is 2. The number of amides is 2. The second-order valence-corrected chi connectivity index (χ2v) is 10.5. The molecule has 0 spiro atoms. The van der Waals surface area contributed by atoms with Gasteiger partial charge >= 0.3 is 5.97 Å². The normalized spacial score (nSPS) is 16.3. The minimum atomic E-state index is -1.02. The molecule has 2 aromatic heterocycles. The van der Waals surface area contributed by atoms with Crippen molar-refractivity contribution in [2.45, 2.75) is 32.4 Å². The van der Waals surface area contributed by atoms with Crippen molar-refractivity contribution in [3.8, 4) is 0 Å². The van der Waals surface area contributed by atoms with Crippen molar-refractivity contribution in [2.24, 2.45) is 0 Å². The molecule has 1 aliphatic heterocycles. The van der Waals surface area contributed by atoms with E-state index in [1.165, 1.54) is 18.2 Å². The van der Waals surface area contributed by atoms with Crippen molar-refractivity contribution in [3.63, 3.8) is 0 Å². The number of anilines is 1. The Kier molecular flexibility index (Phi) is 7.48. The first-order valence-corrected chi connectivity index (χ1v) is 13.8. The van der Waals surface area contributed by atoms with Crippen LogP contribution in [-0.4, -0.2) is 63.8 Å². The van der Waals surface area contributed by atoms with Gasteiger partial charge in [0.1, 0.15) is 17.2 Å². The van der Waals surface area contributed by atoms with Gasteiger partial charge in [-0.15, -0.1) is 0 Å². The minimum Gasteiger partial charge on any atom is -0.478 e. The van der Waals surface area contributed by atoms with Gasteiger partial charge in [0.2, 0.25) is 0 Å². The summed E-state index contributed by atoms with van der Waals surface area (Å²) in [5.74, 6) is -3.46. The third kappa shape index (κ3) is 5.39. The van der Waals surface area contributed by atoms with Crippen LogP contribution in [0.4, 0.5) is 14.5 Å². The molecule has 0 bridgehead atoms. The fourth-order valence-corrected chi connectivity index (χ4v) is 5.70. The molecule has 6 rings (SSSR count). The molecule has 4 aromatic rings. The van der Waals surface area contributed by atoms with E-state index in [2.05, 4.69) is 20.7 Å². The van der Waals surface area contributed by atoms with Crippen molar-refractivity contribution in [1.82, 2.24) is 25.2 Å². The molecular weight excluding hydrogens is 562 g/mol. The molecule has 2 amide bonds. The summed E-state index contributed by atoms with van der Waals surface area (Å²) in [7, 11) is 0. The third-order valence-electron chi connectivity index (χ3n) is 7.94. The van der Waals surface area contributed by atoms with Crippen molar-refractivity contribution >= 4 is 29.1 Å². The average Bonchev–Trinajstić information content (AvgIpc) is 3.60. The number of halogens is 2. The van der Waals surface area contributed by atoms with Gasteiger partial charge in [-0.05, 0) is 60.2 Å². The van der Waals surface area contributed by atoms with Gasteiger partial charge in [0.15, 0.2) is 11.5 Å². The molecule has 222 valence electrons. The zero-order valence-electron chi connectivity index (χ0n) is 23.2. The fraction of sp³-hybridized carbons (Fsp3) is 0.300. The number of benzene rings is 2. The lowest BCUT2D eigenvalue weighted by molar-refractivity contribution is 0.0695. The molecule has 0 unspecified atom stereocenters. The van der Waals surface area contributed by atoms with Gasteiger partial charge in [-0.2, -0.15) is 5.10 Å². The molecule has 1 saturated heterocycles. The second kappa shape index (κ2) is 11.4. The number of rotatable bonds is 7. The number of hydrogen-bond donors (Lipinski definition) is 3. The maximum atomic E-state index is 14.6. The summed E-state index contributed by atoms with van der Waals surface area (Å²) in [5.41, 5.74) is 3.02. The van der Waals surface area contributed by atoms with Crippen LogP contribution in [0, 0.1) is 18.6 Å². The molecule has 11 nitrogen and oxygen atoms in total. The van der Waals surface area contributed by atoms with Crippen LogP contribution in [-0.2, 0) is 17.7 Å². The summed E-state index contributed by atoms with van der Waals surface area (Å²) in [6.45, 7) is 3.87. The standard InChI is InChI=1S/C30H28F2N6O5/c1-16-18-5-7-23(20(18)4-3-19(16)30(41)42)36-29(40)26-13-24(35-27-22(32)15-34-38(26)27)28(39)33-14-17-2-6-21(31)25(12-17)37-8-10-43-11-9-37/h2-4,6,12-13,15,23H,5,7-11,14H2,1H3,(H,33,39)(H,36,40)(H,41,42)/t23-/m0/s1. The Morgan fingerprint density at radius 1 is 1.07 bits per heavy atom. The first-order valence-electron chi connectivity index (χ1n) is 13.8. The SMILES string of the molecule is Cc1c(C(=O)O)ccc2c1CC[C@@H]2NC(=O)c1cc(C(=O)NCc2ccc(F)c(N3CCOCC3)c2)nc2c(F)cnn12. The van der Waals surface area contributed by atoms with Crippen LogP contribution in [0.1, 0.15) is 66.1 Å². The Morgan fingerprint density at radius 2 is 1.86 bits per heavy atom. The highest BCUT2D eigenvalue weighted by Crippen LogP contribution is 2.35. The molecule has 3 N–H and O–H groups in total. The van der Waals surface area contributed by atoms with E-state index in [9.17, 15) is 28.3 Å². The largest absolute Gasteiger partial charge is 0.478 e. The third-order valence-corrected chi connectivity index (χ3v) is 7.94. The van der Waals surface area contributed by atoms with E-state index in [0.717, 1.165) is 21.8 Å². The van der Waals surface area contributed by atoms with E-state index in [-0.39, 0.29) is 35.0 Å². The van der Waals surface area contributed by atoms with Crippen LogP contribution in [0.25, 0.3) is 5.65 Å². The monoisotopic (exact) mass is 590 g/mol. The van der Waals surface area contributed by atoms with E-state index in [1.54, 1.807) is 25.1 Å². The molecule has 3 heterocycles. The van der Waals surface area contributed by atoms with Crippen molar-refractivity contribution in [3.05, 3.63) is 93.4 Å². The number of ether oxygens (including phenoxy) is 1. The first kappa shape index (κ1) is 28.2. The molecule has 1 aliphatic carbocycles. The summed E-state index contributed by atoms with van der Waals surface area (Å²) in [6.07, 6.45) is 2.04. The van der Waals surface area contributed by atoms with Gasteiger partial charge in [0.05, 0.1) is 36.7 Å². The molecule has 1 atom stereocenters. The number of carboxylic acids is 1. The van der Waals surface area contributed by atoms with Crippen molar-refractivity contribution < 1.29 is 33.0 Å². The fourth-order valence-electron chi connectivity index (χ4n) is 5.70.